The second kappa shape index (κ2) is 35.8. The number of hydrogen-bond acceptors (Lipinski definition) is 3. The minimum atomic E-state index is -0.859. The highest BCUT2D eigenvalue weighted by Crippen LogP contribution is 2.14. The molecule has 44 heavy (non-hydrogen) atoms. The molecule has 0 heterocycles. The highest BCUT2D eigenvalue weighted by atomic mass is 16.3. The number of hydrogen-bond donors (Lipinski definition) is 3. The Morgan fingerprint density at radius 1 is 0.568 bits per heavy atom. The van der Waals surface area contributed by atoms with Gasteiger partial charge in [0.2, 0.25) is 5.91 Å². The van der Waals surface area contributed by atoms with Crippen LogP contribution in [0.1, 0.15) is 181 Å². The van der Waals surface area contributed by atoms with Crippen molar-refractivity contribution in [1.82, 2.24) is 5.32 Å². The van der Waals surface area contributed by atoms with Crippen molar-refractivity contribution in [2.75, 3.05) is 6.61 Å². The third-order valence-electron chi connectivity index (χ3n) is 8.30. The van der Waals surface area contributed by atoms with Gasteiger partial charge in [0.05, 0.1) is 18.8 Å². The van der Waals surface area contributed by atoms with Crippen LogP contribution in [0.15, 0.2) is 48.6 Å². The van der Waals surface area contributed by atoms with Gasteiger partial charge in [-0.15, -0.1) is 0 Å². The molecule has 0 aliphatic heterocycles. The Labute approximate surface area is 274 Å². The Hall–Kier alpha value is -1.65. The SMILES string of the molecule is CC/C=C\C/C=C\CCCCCCCCCCCCCCCCC(=O)NC(CO)C(O)/C=C/CC/C=C/CCCCCCC. The summed E-state index contributed by atoms with van der Waals surface area (Å²) >= 11 is 0. The van der Waals surface area contributed by atoms with E-state index in [-0.39, 0.29) is 12.5 Å². The monoisotopic (exact) mass is 616 g/mol. The molecular formula is C40H73NO3. The molecule has 256 valence electrons. The van der Waals surface area contributed by atoms with Gasteiger partial charge in [-0.1, -0.05) is 165 Å². The van der Waals surface area contributed by atoms with E-state index < -0.39 is 12.1 Å². The molecule has 3 N–H and O–H groups in total. The molecule has 2 unspecified atom stereocenters. The summed E-state index contributed by atoms with van der Waals surface area (Å²) in [5.41, 5.74) is 0. The average molecular weight is 616 g/mol. The second-order valence-corrected chi connectivity index (χ2v) is 12.6. The molecule has 0 radical (unpaired) electrons. The van der Waals surface area contributed by atoms with E-state index in [1.54, 1.807) is 6.08 Å². The Kier molecular flexibility index (Phi) is 34.5. The van der Waals surface area contributed by atoms with Crippen LogP contribution in [0.2, 0.25) is 0 Å². The van der Waals surface area contributed by atoms with Gasteiger partial charge in [0, 0.05) is 6.42 Å². The first-order valence-electron chi connectivity index (χ1n) is 18.9. The summed E-state index contributed by atoms with van der Waals surface area (Å²) in [6, 6.07) is -0.636. The molecule has 4 nitrogen and oxygen atoms in total. The van der Waals surface area contributed by atoms with Gasteiger partial charge in [-0.2, -0.15) is 0 Å². The van der Waals surface area contributed by atoms with Crippen LogP contribution in [0.3, 0.4) is 0 Å². The molecule has 0 bridgehead atoms. The Morgan fingerprint density at radius 3 is 1.57 bits per heavy atom. The molecule has 0 aromatic carbocycles. The van der Waals surface area contributed by atoms with E-state index in [1.807, 2.05) is 6.08 Å². The van der Waals surface area contributed by atoms with Crippen LogP contribution < -0.4 is 5.32 Å². The van der Waals surface area contributed by atoms with Crippen LogP contribution in [-0.4, -0.2) is 34.9 Å². The van der Waals surface area contributed by atoms with Gasteiger partial charge in [0.1, 0.15) is 0 Å². The first-order chi connectivity index (χ1) is 21.7. The lowest BCUT2D eigenvalue weighted by Crippen LogP contribution is -2.45. The molecule has 1 amide bonds. The van der Waals surface area contributed by atoms with Gasteiger partial charge in [-0.3, -0.25) is 4.79 Å². The minimum absolute atomic E-state index is 0.0781. The van der Waals surface area contributed by atoms with Crippen molar-refractivity contribution in [3.63, 3.8) is 0 Å². The number of aliphatic hydroxyl groups excluding tert-OH is 2. The maximum Gasteiger partial charge on any atom is 0.220 e. The summed E-state index contributed by atoms with van der Waals surface area (Å²) in [5.74, 6) is -0.0781. The number of aliphatic hydroxyl groups is 2. The fourth-order valence-corrected chi connectivity index (χ4v) is 5.41. The van der Waals surface area contributed by atoms with Crippen LogP contribution in [0.5, 0.6) is 0 Å². The van der Waals surface area contributed by atoms with Gasteiger partial charge in [0.15, 0.2) is 0 Å². The van der Waals surface area contributed by atoms with Crippen LogP contribution in [0, 0.1) is 0 Å². The molecule has 0 aliphatic carbocycles. The molecular weight excluding hydrogens is 542 g/mol. The van der Waals surface area contributed by atoms with Crippen LogP contribution in [0.4, 0.5) is 0 Å². The van der Waals surface area contributed by atoms with Crippen molar-refractivity contribution >= 4 is 5.91 Å². The summed E-state index contributed by atoms with van der Waals surface area (Å²) in [5, 5.41) is 22.8. The molecule has 0 saturated carbocycles. The number of unbranched alkanes of at least 4 members (excludes halogenated alkanes) is 20. The number of carbonyl (C=O) groups is 1. The highest BCUT2D eigenvalue weighted by molar-refractivity contribution is 5.76. The topological polar surface area (TPSA) is 69.6 Å². The first kappa shape index (κ1) is 42.3. The zero-order valence-corrected chi connectivity index (χ0v) is 29.2. The number of carbonyl (C=O) groups excluding carboxylic acids is 1. The van der Waals surface area contributed by atoms with E-state index in [1.165, 1.54) is 116 Å². The van der Waals surface area contributed by atoms with Gasteiger partial charge in [-0.05, 0) is 57.8 Å². The lowest BCUT2D eigenvalue weighted by molar-refractivity contribution is -0.123. The normalized spacial score (nSPS) is 13.6. The fourth-order valence-electron chi connectivity index (χ4n) is 5.41. The average Bonchev–Trinajstić information content (AvgIpc) is 3.03. The summed E-state index contributed by atoms with van der Waals surface area (Å²) in [6.07, 6.45) is 47.8. The molecule has 0 saturated heterocycles. The van der Waals surface area contributed by atoms with Crippen molar-refractivity contribution in [2.24, 2.45) is 0 Å². The molecule has 0 aliphatic rings. The van der Waals surface area contributed by atoms with Crippen molar-refractivity contribution in [3.8, 4) is 0 Å². The quantitative estimate of drug-likeness (QED) is 0.0508. The molecule has 0 spiro atoms. The molecule has 0 aromatic heterocycles. The van der Waals surface area contributed by atoms with Crippen LogP contribution >= 0.6 is 0 Å². The van der Waals surface area contributed by atoms with Crippen molar-refractivity contribution < 1.29 is 15.0 Å². The third-order valence-corrected chi connectivity index (χ3v) is 8.30. The number of amides is 1. The summed E-state index contributed by atoms with van der Waals surface area (Å²) < 4.78 is 0. The van der Waals surface area contributed by atoms with Crippen LogP contribution in [-0.2, 0) is 4.79 Å². The second-order valence-electron chi connectivity index (χ2n) is 12.6. The van der Waals surface area contributed by atoms with Crippen LogP contribution in [0.25, 0.3) is 0 Å². The Bertz CT molecular complexity index is 711. The van der Waals surface area contributed by atoms with E-state index in [9.17, 15) is 15.0 Å². The lowest BCUT2D eigenvalue weighted by Gasteiger charge is -2.19. The summed E-state index contributed by atoms with van der Waals surface area (Å²) in [4.78, 5) is 12.3. The van der Waals surface area contributed by atoms with E-state index in [4.69, 9.17) is 0 Å². The van der Waals surface area contributed by atoms with E-state index in [2.05, 4.69) is 55.6 Å². The summed E-state index contributed by atoms with van der Waals surface area (Å²) in [7, 11) is 0. The predicted molar refractivity (Wildman–Crippen MR) is 193 cm³/mol. The molecule has 0 aromatic rings. The van der Waals surface area contributed by atoms with Gasteiger partial charge in [-0.25, -0.2) is 0 Å². The van der Waals surface area contributed by atoms with E-state index in [0.717, 1.165) is 44.9 Å². The minimum Gasteiger partial charge on any atom is -0.394 e. The number of rotatable bonds is 33. The zero-order chi connectivity index (χ0) is 32.2. The molecule has 4 heteroatoms. The van der Waals surface area contributed by atoms with Crippen molar-refractivity contribution in [2.45, 2.75) is 193 Å². The van der Waals surface area contributed by atoms with Crippen molar-refractivity contribution in [3.05, 3.63) is 48.6 Å². The standard InChI is InChI=1S/C40H73NO3/c1-3-5-7-9-11-13-15-16-17-18-19-20-21-22-23-24-26-28-30-32-34-36-40(44)41-38(37-42)39(43)35-33-31-29-27-25-14-12-10-8-6-4-2/h5,7,11,13,25,27,33,35,38-39,42-43H,3-4,6,8-10,12,14-24,26,28-32,34,36-37H2,1-2H3,(H,41,44)/b7-5-,13-11-,27-25+,35-33+. The van der Waals surface area contributed by atoms with Gasteiger partial charge >= 0.3 is 0 Å². The summed E-state index contributed by atoms with van der Waals surface area (Å²) in [6.45, 7) is 4.16. The lowest BCUT2D eigenvalue weighted by atomic mass is 10.0. The maximum absolute atomic E-state index is 12.3. The van der Waals surface area contributed by atoms with E-state index in [0.29, 0.717) is 6.42 Å². The predicted octanol–water partition coefficient (Wildman–Crippen LogP) is 11.2. The van der Waals surface area contributed by atoms with E-state index >= 15 is 0 Å². The molecule has 2 atom stereocenters. The molecule has 0 rings (SSSR count). The largest absolute Gasteiger partial charge is 0.394 e. The highest BCUT2D eigenvalue weighted by Gasteiger charge is 2.17. The first-order valence-corrected chi connectivity index (χ1v) is 18.9. The van der Waals surface area contributed by atoms with Crippen molar-refractivity contribution in [1.29, 1.82) is 0 Å². The number of allylic oxidation sites excluding steroid dienone is 7. The Balaban J connectivity index is 3.58. The smallest absolute Gasteiger partial charge is 0.220 e. The van der Waals surface area contributed by atoms with Gasteiger partial charge in [0.25, 0.3) is 0 Å². The Morgan fingerprint density at radius 2 is 1.02 bits per heavy atom. The third kappa shape index (κ3) is 31.8. The fraction of sp³-hybridized carbons (Fsp3) is 0.775. The molecule has 0 fully saturated rings. The zero-order valence-electron chi connectivity index (χ0n) is 29.2. The maximum atomic E-state index is 12.3. The van der Waals surface area contributed by atoms with Gasteiger partial charge < -0.3 is 15.5 Å². The number of nitrogens with one attached hydrogen (secondary N) is 1.